The Balaban J connectivity index is 2.67. The molecular formula is C10H6F2N4O. The van der Waals surface area contributed by atoms with Crippen LogP contribution in [0.25, 0.3) is 0 Å². The van der Waals surface area contributed by atoms with E-state index >= 15 is 0 Å². The zero-order valence-electron chi connectivity index (χ0n) is 8.39. The van der Waals surface area contributed by atoms with Gasteiger partial charge in [-0.3, -0.25) is 5.43 Å². The van der Waals surface area contributed by atoms with Crippen molar-refractivity contribution in [2.45, 2.75) is 6.61 Å². The molecule has 1 aromatic rings. The van der Waals surface area contributed by atoms with Gasteiger partial charge in [0.05, 0.1) is 5.69 Å². The third kappa shape index (κ3) is 4.14. The SMILES string of the molecule is N#CC(C#N)=NNc1ccc(OC(F)F)cc1. The van der Waals surface area contributed by atoms with Crippen molar-refractivity contribution in [1.29, 1.82) is 10.5 Å². The molecule has 0 bridgehead atoms. The molecule has 0 atom stereocenters. The first-order valence-corrected chi connectivity index (χ1v) is 4.34. The van der Waals surface area contributed by atoms with Crippen LogP contribution in [0.5, 0.6) is 5.75 Å². The quantitative estimate of drug-likeness (QED) is 0.641. The Bertz CT molecular complexity index is 469. The molecule has 0 aliphatic rings. The molecule has 86 valence electrons. The Kier molecular flexibility index (Phi) is 4.40. The summed E-state index contributed by atoms with van der Waals surface area (Å²) < 4.78 is 27.8. The predicted molar refractivity (Wildman–Crippen MR) is 55.4 cm³/mol. The second kappa shape index (κ2) is 6.03. The molecule has 0 aliphatic heterocycles. The molecule has 7 heteroatoms. The highest BCUT2D eigenvalue weighted by atomic mass is 19.3. The van der Waals surface area contributed by atoms with Gasteiger partial charge in [0.1, 0.15) is 17.9 Å². The molecule has 0 spiro atoms. The first-order valence-electron chi connectivity index (χ1n) is 4.34. The number of benzene rings is 1. The van der Waals surface area contributed by atoms with E-state index in [4.69, 9.17) is 10.5 Å². The van der Waals surface area contributed by atoms with Crippen molar-refractivity contribution in [3.63, 3.8) is 0 Å². The maximum atomic E-state index is 11.8. The van der Waals surface area contributed by atoms with E-state index in [0.29, 0.717) is 5.69 Å². The number of halogens is 2. The van der Waals surface area contributed by atoms with Crippen molar-refractivity contribution >= 4 is 11.4 Å². The lowest BCUT2D eigenvalue weighted by molar-refractivity contribution is -0.0498. The van der Waals surface area contributed by atoms with E-state index in [0.717, 1.165) is 0 Å². The Labute approximate surface area is 95.5 Å². The largest absolute Gasteiger partial charge is 0.435 e. The molecule has 0 fully saturated rings. The van der Waals surface area contributed by atoms with Crippen molar-refractivity contribution in [2.24, 2.45) is 5.10 Å². The van der Waals surface area contributed by atoms with Crippen molar-refractivity contribution in [3.8, 4) is 17.9 Å². The van der Waals surface area contributed by atoms with E-state index in [2.05, 4.69) is 15.3 Å². The van der Waals surface area contributed by atoms with Crippen LogP contribution in [0.4, 0.5) is 14.5 Å². The van der Waals surface area contributed by atoms with Gasteiger partial charge in [-0.05, 0) is 24.3 Å². The van der Waals surface area contributed by atoms with Gasteiger partial charge >= 0.3 is 6.61 Å². The van der Waals surface area contributed by atoms with Gasteiger partial charge in [-0.15, -0.1) is 0 Å². The minimum Gasteiger partial charge on any atom is -0.435 e. The lowest BCUT2D eigenvalue weighted by atomic mass is 10.3. The monoisotopic (exact) mass is 236 g/mol. The number of hydrogen-bond donors (Lipinski definition) is 1. The molecule has 1 aromatic carbocycles. The van der Waals surface area contributed by atoms with E-state index in [9.17, 15) is 8.78 Å². The highest BCUT2D eigenvalue weighted by Crippen LogP contribution is 2.17. The average Bonchev–Trinajstić information content (AvgIpc) is 2.32. The third-order valence-corrected chi connectivity index (χ3v) is 1.59. The van der Waals surface area contributed by atoms with Crippen LogP contribution in [0.1, 0.15) is 0 Å². The molecule has 0 saturated heterocycles. The molecule has 1 N–H and O–H groups in total. The summed E-state index contributed by atoms with van der Waals surface area (Å²) in [7, 11) is 0. The van der Waals surface area contributed by atoms with Crippen LogP contribution >= 0.6 is 0 Å². The summed E-state index contributed by atoms with van der Waals surface area (Å²) in [5.74, 6) is 0.00956. The number of nitriles is 2. The van der Waals surface area contributed by atoms with E-state index in [-0.39, 0.29) is 11.5 Å². The van der Waals surface area contributed by atoms with Gasteiger partial charge in [-0.25, -0.2) is 0 Å². The van der Waals surface area contributed by atoms with Crippen LogP contribution in [0.3, 0.4) is 0 Å². The Morgan fingerprint density at radius 2 is 1.82 bits per heavy atom. The summed E-state index contributed by atoms with van der Waals surface area (Å²) in [6.07, 6.45) is 0. The number of alkyl halides is 2. The van der Waals surface area contributed by atoms with Gasteiger partial charge in [-0.1, -0.05) is 0 Å². The van der Waals surface area contributed by atoms with Crippen LogP contribution in [0.2, 0.25) is 0 Å². The number of ether oxygens (including phenoxy) is 1. The zero-order valence-corrected chi connectivity index (χ0v) is 8.39. The van der Waals surface area contributed by atoms with Gasteiger partial charge in [-0.2, -0.15) is 24.4 Å². The normalized spacial score (nSPS) is 9.00. The average molecular weight is 236 g/mol. The minimum atomic E-state index is -2.88. The van der Waals surface area contributed by atoms with Crippen molar-refractivity contribution in [2.75, 3.05) is 5.43 Å². The Hall–Kier alpha value is -2.67. The molecule has 0 amide bonds. The first kappa shape index (κ1) is 12.4. The lowest BCUT2D eigenvalue weighted by Crippen LogP contribution is -2.01. The number of rotatable bonds is 4. The smallest absolute Gasteiger partial charge is 0.387 e. The van der Waals surface area contributed by atoms with Gasteiger partial charge < -0.3 is 4.74 Å². The molecule has 0 radical (unpaired) electrons. The number of hydrogen-bond acceptors (Lipinski definition) is 5. The minimum absolute atomic E-state index is 0.00956. The number of nitrogens with one attached hydrogen (secondary N) is 1. The maximum absolute atomic E-state index is 11.8. The highest BCUT2D eigenvalue weighted by Gasteiger charge is 2.03. The summed E-state index contributed by atoms with van der Waals surface area (Å²) in [6, 6.07) is 8.59. The van der Waals surface area contributed by atoms with E-state index < -0.39 is 6.61 Å². The maximum Gasteiger partial charge on any atom is 0.387 e. The van der Waals surface area contributed by atoms with E-state index in [1.807, 2.05) is 0 Å². The molecule has 0 heterocycles. The van der Waals surface area contributed by atoms with E-state index in [1.165, 1.54) is 24.3 Å². The molecule has 0 saturated carbocycles. The molecule has 1 rings (SSSR count). The molecule has 0 aromatic heterocycles. The fourth-order valence-corrected chi connectivity index (χ4v) is 0.906. The zero-order chi connectivity index (χ0) is 12.7. The van der Waals surface area contributed by atoms with Crippen LogP contribution in [0, 0.1) is 22.7 Å². The number of nitrogens with zero attached hydrogens (tertiary/aromatic N) is 3. The van der Waals surface area contributed by atoms with Gasteiger partial charge in [0.25, 0.3) is 0 Å². The number of hydrazone groups is 1. The molecule has 0 unspecified atom stereocenters. The first-order chi connectivity index (χ1) is 8.15. The fourth-order valence-electron chi connectivity index (χ4n) is 0.906. The second-order valence-electron chi connectivity index (χ2n) is 2.70. The topological polar surface area (TPSA) is 81.2 Å². The molecule has 0 aliphatic carbocycles. The Morgan fingerprint density at radius 1 is 1.24 bits per heavy atom. The van der Waals surface area contributed by atoms with Gasteiger partial charge in [0.15, 0.2) is 0 Å². The highest BCUT2D eigenvalue weighted by molar-refractivity contribution is 6.10. The molecular weight excluding hydrogens is 230 g/mol. The summed E-state index contributed by atoms with van der Waals surface area (Å²) in [5, 5.41) is 20.3. The summed E-state index contributed by atoms with van der Waals surface area (Å²) in [4.78, 5) is 0. The van der Waals surface area contributed by atoms with Crippen molar-refractivity contribution < 1.29 is 13.5 Å². The van der Waals surface area contributed by atoms with Gasteiger partial charge in [0.2, 0.25) is 5.71 Å². The van der Waals surface area contributed by atoms with Crippen LogP contribution < -0.4 is 10.2 Å². The number of anilines is 1. The van der Waals surface area contributed by atoms with Crippen LogP contribution in [0.15, 0.2) is 29.4 Å². The summed E-state index contributed by atoms with van der Waals surface area (Å²) in [5.41, 5.74) is 2.53. The lowest BCUT2D eigenvalue weighted by Gasteiger charge is -2.04. The Morgan fingerprint density at radius 3 is 2.29 bits per heavy atom. The standard InChI is InChI=1S/C10H6F2N4O/c11-10(12)17-9-3-1-7(2-4-9)15-16-8(5-13)6-14/h1-4,10,15H. The predicted octanol–water partition coefficient (Wildman–Crippen LogP) is 2.10. The third-order valence-electron chi connectivity index (χ3n) is 1.59. The van der Waals surface area contributed by atoms with Crippen molar-refractivity contribution in [3.05, 3.63) is 24.3 Å². The fraction of sp³-hybridized carbons (Fsp3) is 0.100. The van der Waals surface area contributed by atoms with Crippen LogP contribution in [-0.2, 0) is 0 Å². The summed E-state index contributed by atoms with van der Waals surface area (Å²) >= 11 is 0. The van der Waals surface area contributed by atoms with Gasteiger partial charge in [0, 0.05) is 0 Å². The second-order valence-corrected chi connectivity index (χ2v) is 2.70. The summed E-state index contributed by atoms with van der Waals surface area (Å²) in [6.45, 7) is -2.88. The van der Waals surface area contributed by atoms with E-state index in [1.54, 1.807) is 12.1 Å². The van der Waals surface area contributed by atoms with Crippen LogP contribution in [-0.4, -0.2) is 12.3 Å². The van der Waals surface area contributed by atoms with Crippen molar-refractivity contribution in [1.82, 2.24) is 0 Å². The molecule has 17 heavy (non-hydrogen) atoms. The molecule has 5 nitrogen and oxygen atoms in total.